The van der Waals surface area contributed by atoms with Crippen LogP contribution >= 0.6 is 0 Å². The maximum absolute atomic E-state index is 13.2. The van der Waals surface area contributed by atoms with Crippen LogP contribution in [0.2, 0.25) is 0 Å². The largest absolute Gasteiger partial charge is 0.487 e. The van der Waals surface area contributed by atoms with E-state index in [-0.39, 0.29) is 17.7 Å². The Bertz CT molecular complexity index is 922. The summed E-state index contributed by atoms with van der Waals surface area (Å²) in [5, 5.41) is -0.163. The van der Waals surface area contributed by atoms with E-state index in [1.807, 2.05) is 0 Å². The van der Waals surface area contributed by atoms with Crippen molar-refractivity contribution < 1.29 is 31.1 Å². The normalized spacial score (nSPS) is 12.4. The first-order chi connectivity index (χ1) is 12.2. The fraction of sp³-hybridized carbons (Fsp3) is 0.176. The molecule has 0 unspecified atom stereocenters. The summed E-state index contributed by atoms with van der Waals surface area (Å²) in [6.45, 7) is -0.201. The topological polar surface area (TPSA) is 35.0 Å². The molecule has 0 bridgehead atoms. The Morgan fingerprint density at radius 3 is 2.27 bits per heavy atom. The molecule has 0 aliphatic rings. The number of rotatable bonds is 3. The van der Waals surface area contributed by atoms with Gasteiger partial charge in [0.1, 0.15) is 18.1 Å². The number of ether oxygens (including phenoxy) is 1. The predicted molar refractivity (Wildman–Crippen MR) is 80.3 cm³/mol. The number of benzene rings is 1. The summed E-state index contributed by atoms with van der Waals surface area (Å²) in [5.41, 5.74) is -3.12. The van der Waals surface area contributed by atoms with E-state index in [1.54, 1.807) is 18.2 Å². The third-order valence-electron chi connectivity index (χ3n) is 3.50. The van der Waals surface area contributed by atoms with Crippen molar-refractivity contribution in [3.8, 4) is 5.75 Å². The molecule has 0 atom stereocenters. The molecule has 0 aliphatic carbocycles. The maximum atomic E-state index is 13.2. The predicted octanol–water partition coefficient (Wildman–Crippen LogP) is 5.25. The number of halogens is 6. The number of aromatic nitrogens is 2. The van der Waals surface area contributed by atoms with Gasteiger partial charge in [-0.1, -0.05) is 12.1 Å². The highest BCUT2D eigenvalue weighted by Crippen LogP contribution is 2.39. The number of alkyl halides is 6. The minimum atomic E-state index is -4.92. The van der Waals surface area contributed by atoms with Crippen molar-refractivity contribution in [2.24, 2.45) is 0 Å². The number of hydrogen-bond acceptors (Lipinski definition) is 3. The molecule has 0 N–H and O–H groups in total. The zero-order valence-corrected chi connectivity index (χ0v) is 12.9. The third-order valence-corrected chi connectivity index (χ3v) is 3.50. The van der Waals surface area contributed by atoms with Gasteiger partial charge in [0.25, 0.3) is 0 Å². The molecule has 0 radical (unpaired) electrons. The average molecular weight is 372 g/mol. The van der Waals surface area contributed by atoms with Crippen LogP contribution in [-0.2, 0) is 19.0 Å². The van der Waals surface area contributed by atoms with Gasteiger partial charge in [-0.05, 0) is 24.3 Å². The molecule has 3 aromatic rings. The van der Waals surface area contributed by atoms with E-state index in [0.717, 1.165) is 6.07 Å². The van der Waals surface area contributed by atoms with E-state index in [4.69, 9.17) is 4.74 Å². The van der Waals surface area contributed by atoms with E-state index < -0.39 is 29.1 Å². The summed E-state index contributed by atoms with van der Waals surface area (Å²) in [5.74, 6) is -0.348. The van der Waals surface area contributed by atoms with Crippen molar-refractivity contribution in [2.75, 3.05) is 0 Å². The van der Waals surface area contributed by atoms with Gasteiger partial charge < -0.3 is 4.74 Å². The molecule has 26 heavy (non-hydrogen) atoms. The van der Waals surface area contributed by atoms with Crippen LogP contribution in [0.5, 0.6) is 5.75 Å². The summed E-state index contributed by atoms with van der Waals surface area (Å²) in [4.78, 5) is 7.15. The Morgan fingerprint density at radius 2 is 1.65 bits per heavy atom. The zero-order chi connectivity index (χ0) is 18.9. The van der Waals surface area contributed by atoms with Crippen LogP contribution in [0.1, 0.15) is 17.0 Å². The van der Waals surface area contributed by atoms with Crippen LogP contribution in [0.3, 0.4) is 0 Å². The number of hydrogen-bond donors (Lipinski definition) is 0. The minimum Gasteiger partial charge on any atom is -0.487 e. The molecule has 0 spiro atoms. The van der Waals surface area contributed by atoms with Gasteiger partial charge in [-0.2, -0.15) is 26.3 Å². The Hall–Kier alpha value is -2.84. The van der Waals surface area contributed by atoms with Crippen molar-refractivity contribution in [3.63, 3.8) is 0 Å². The van der Waals surface area contributed by atoms with E-state index in [9.17, 15) is 26.3 Å². The van der Waals surface area contributed by atoms with Gasteiger partial charge in [0, 0.05) is 17.6 Å². The van der Waals surface area contributed by atoms with Crippen LogP contribution < -0.4 is 4.74 Å². The van der Waals surface area contributed by atoms with Crippen LogP contribution in [0, 0.1) is 0 Å². The molecular weight excluding hydrogens is 362 g/mol. The highest BCUT2D eigenvalue weighted by Gasteiger charge is 2.37. The summed E-state index contributed by atoms with van der Waals surface area (Å²) in [6.07, 6.45) is -8.31. The zero-order valence-electron chi connectivity index (χ0n) is 12.9. The van der Waals surface area contributed by atoms with Crippen LogP contribution in [-0.4, -0.2) is 9.97 Å². The lowest BCUT2D eigenvalue weighted by molar-refractivity contribution is -0.142. The van der Waals surface area contributed by atoms with Gasteiger partial charge in [0.15, 0.2) is 0 Å². The number of para-hydroxylation sites is 1. The van der Waals surface area contributed by atoms with Gasteiger partial charge in [0.2, 0.25) is 0 Å². The third kappa shape index (κ3) is 3.71. The fourth-order valence-electron chi connectivity index (χ4n) is 2.35. The molecule has 3 rings (SSSR count). The van der Waals surface area contributed by atoms with Gasteiger partial charge in [-0.25, -0.2) is 4.98 Å². The highest BCUT2D eigenvalue weighted by molar-refractivity contribution is 5.88. The quantitative estimate of drug-likeness (QED) is 0.590. The second kappa shape index (κ2) is 6.47. The lowest BCUT2D eigenvalue weighted by Crippen LogP contribution is -2.12. The van der Waals surface area contributed by atoms with E-state index >= 15 is 0 Å². The first-order valence-electron chi connectivity index (χ1n) is 7.27. The summed E-state index contributed by atoms with van der Waals surface area (Å²) >= 11 is 0. The maximum Gasteiger partial charge on any atom is 0.433 e. The van der Waals surface area contributed by atoms with Crippen molar-refractivity contribution in [1.29, 1.82) is 0 Å². The molecule has 0 amide bonds. The molecule has 0 saturated heterocycles. The molecule has 136 valence electrons. The molecule has 9 heteroatoms. The standard InChI is InChI=1S/C17H10F6N2O/c18-16(19,20)12-6-3-5-11-13(26-9-10-4-1-2-7-24-10)8-14(17(21,22)23)25-15(11)12/h1-8H,9H2. The molecule has 0 saturated carbocycles. The van der Waals surface area contributed by atoms with Crippen molar-refractivity contribution in [3.05, 3.63) is 65.6 Å². The van der Waals surface area contributed by atoms with Gasteiger partial charge >= 0.3 is 12.4 Å². The van der Waals surface area contributed by atoms with Gasteiger partial charge in [-0.15, -0.1) is 0 Å². The Morgan fingerprint density at radius 1 is 0.885 bits per heavy atom. The molecule has 2 heterocycles. The van der Waals surface area contributed by atoms with E-state index in [0.29, 0.717) is 17.8 Å². The van der Waals surface area contributed by atoms with Crippen molar-refractivity contribution >= 4 is 10.9 Å². The van der Waals surface area contributed by atoms with Crippen molar-refractivity contribution in [1.82, 2.24) is 9.97 Å². The second-order valence-corrected chi connectivity index (χ2v) is 5.31. The monoisotopic (exact) mass is 372 g/mol. The minimum absolute atomic E-state index is 0.163. The molecule has 0 aliphatic heterocycles. The first kappa shape index (κ1) is 18.0. The highest BCUT2D eigenvalue weighted by atomic mass is 19.4. The van der Waals surface area contributed by atoms with E-state index in [1.165, 1.54) is 12.3 Å². The Balaban J connectivity index is 2.14. The SMILES string of the molecule is FC(F)(F)c1cc(OCc2ccccn2)c2cccc(C(F)(F)F)c2n1. The van der Waals surface area contributed by atoms with Crippen LogP contribution in [0.4, 0.5) is 26.3 Å². The average Bonchev–Trinajstić information content (AvgIpc) is 2.58. The van der Waals surface area contributed by atoms with Crippen molar-refractivity contribution in [2.45, 2.75) is 19.0 Å². The van der Waals surface area contributed by atoms with Gasteiger partial charge in [0.05, 0.1) is 16.8 Å². The number of fused-ring (bicyclic) bond motifs is 1. The first-order valence-corrected chi connectivity index (χ1v) is 7.27. The van der Waals surface area contributed by atoms with Crippen LogP contribution in [0.25, 0.3) is 10.9 Å². The molecule has 0 fully saturated rings. The summed E-state index contributed by atoms with van der Waals surface area (Å²) in [6, 6.07) is 8.46. The Kier molecular flexibility index (Phi) is 4.47. The smallest absolute Gasteiger partial charge is 0.433 e. The van der Waals surface area contributed by atoms with Crippen LogP contribution in [0.15, 0.2) is 48.7 Å². The lowest BCUT2D eigenvalue weighted by Gasteiger charge is -2.16. The summed E-state index contributed by atoms with van der Waals surface area (Å²) in [7, 11) is 0. The molecular formula is C17H10F6N2O. The number of nitrogens with zero attached hydrogens (tertiary/aromatic N) is 2. The Labute approximate surface area is 143 Å². The number of pyridine rings is 2. The fourth-order valence-corrected chi connectivity index (χ4v) is 2.35. The molecule has 2 aromatic heterocycles. The molecule has 3 nitrogen and oxygen atoms in total. The molecule has 1 aromatic carbocycles. The second-order valence-electron chi connectivity index (χ2n) is 5.31. The van der Waals surface area contributed by atoms with Gasteiger partial charge in [-0.3, -0.25) is 4.98 Å². The lowest BCUT2D eigenvalue weighted by atomic mass is 10.1. The van der Waals surface area contributed by atoms with E-state index in [2.05, 4.69) is 9.97 Å². The summed E-state index contributed by atoms with van der Waals surface area (Å²) < 4.78 is 84.0.